The lowest BCUT2D eigenvalue weighted by atomic mass is 10.1. The lowest BCUT2D eigenvalue weighted by Crippen LogP contribution is -2.49. The molecule has 0 unspecified atom stereocenters. The van der Waals surface area contributed by atoms with Crippen LogP contribution < -0.4 is 9.64 Å². The smallest absolute Gasteiger partial charge is 0.288 e. The van der Waals surface area contributed by atoms with Crippen molar-refractivity contribution in [2.45, 2.75) is 0 Å². The zero-order valence-electron chi connectivity index (χ0n) is 16.1. The predicted molar refractivity (Wildman–Crippen MR) is 112 cm³/mol. The van der Waals surface area contributed by atoms with Crippen molar-refractivity contribution >= 4 is 39.9 Å². The van der Waals surface area contributed by atoms with Crippen molar-refractivity contribution in [1.29, 1.82) is 0 Å². The molecule has 1 aromatic heterocycles. The van der Waals surface area contributed by atoms with E-state index in [1.165, 1.54) is 18.5 Å². The summed E-state index contributed by atoms with van der Waals surface area (Å²) in [5, 5.41) is 11.9. The number of aromatic nitrogens is 2. The Bertz CT molecular complexity index is 1110. The average molecular weight is 428 g/mol. The maximum absolute atomic E-state index is 12.8. The van der Waals surface area contributed by atoms with Gasteiger partial charge in [0.15, 0.2) is 0 Å². The Labute approximate surface area is 177 Å². The zero-order valence-corrected chi connectivity index (χ0v) is 16.9. The Morgan fingerprint density at radius 3 is 2.47 bits per heavy atom. The number of amides is 1. The summed E-state index contributed by atoms with van der Waals surface area (Å²) in [7, 11) is 1.58. The molecule has 0 atom stereocenters. The van der Waals surface area contributed by atoms with E-state index in [4.69, 9.17) is 16.3 Å². The van der Waals surface area contributed by atoms with Crippen molar-refractivity contribution in [3.63, 3.8) is 0 Å². The molecule has 1 amide bonds. The fourth-order valence-corrected chi connectivity index (χ4v) is 3.71. The van der Waals surface area contributed by atoms with Gasteiger partial charge in [0.2, 0.25) is 0 Å². The maximum Gasteiger partial charge on any atom is 0.288 e. The molecule has 0 aliphatic carbocycles. The Hall–Kier alpha value is -3.46. The molecule has 10 heteroatoms. The van der Waals surface area contributed by atoms with E-state index in [0.717, 1.165) is 0 Å². The van der Waals surface area contributed by atoms with Crippen LogP contribution in [0.15, 0.2) is 42.7 Å². The fraction of sp³-hybridized carbons (Fsp3) is 0.250. The Morgan fingerprint density at radius 2 is 1.83 bits per heavy atom. The van der Waals surface area contributed by atoms with Crippen LogP contribution in [-0.4, -0.2) is 59.0 Å². The summed E-state index contributed by atoms with van der Waals surface area (Å²) in [4.78, 5) is 35.8. The molecule has 0 saturated carbocycles. The quantitative estimate of drug-likeness (QED) is 0.465. The van der Waals surface area contributed by atoms with Gasteiger partial charge in [-0.05, 0) is 30.3 Å². The minimum atomic E-state index is -0.524. The van der Waals surface area contributed by atoms with Gasteiger partial charge in [-0.15, -0.1) is 0 Å². The Balaban J connectivity index is 1.53. The van der Waals surface area contributed by atoms with Crippen LogP contribution in [0.1, 0.15) is 10.4 Å². The number of nitrogens with zero attached hydrogens (tertiary/aromatic N) is 5. The second-order valence-electron chi connectivity index (χ2n) is 6.78. The Kier molecular flexibility index (Phi) is 5.37. The average Bonchev–Trinajstić information content (AvgIpc) is 2.77. The largest absolute Gasteiger partial charge is 0.497 e. The van der Waals surface area contributed by atoms with Crippen molar-refractivity contribution in [2.75, 3.05) is 38.2 Å². The SMILES string of the molecule is COc1ccc(C(=O)N2CCN(c3ncnc4cc(Cl)c([N+](=O)[O-])cc34)CC2)cc1. The molecule has 0 bridgehead atoms. The second-order valence-corrected chi connectivity index (χ2v) is 7.19. The van der Waals surface area contributed by atoms with E-state index < -0.39 is 4.92 Å². The molecule has 1 saturated heterocycles. The van der Waals surface area contributed by atoms with Crippen LogP contribution in [0.3, 0.4) is 0 Å². The molecular weight excluding hydrogens is 410 g/mol. The van der Waals surface area contributed by atoms with Gasteiger partial charge in [-0.25, -0.2) is 9.97 Å². The van der Waals surface area contributed by atoms with E-state index in [1.807, 2.05) is 4.90 Å². The third-order valence-electron chi connectivity index (χ3n) is 5.08. The van der Waals surface area contributed by atoms with Gasteiger partial charge >= 0.3 is 0 Å². The zero-order chi connectivity index (χ0) is 21.3. The fourth-order valence-electron chi connectivity index (χ4n) is 3.48. The lowest BCUT2D eigenvalue weighted by molar-refractivity contribution is -0.384. The van der Waals surface area contributed by atoms with Gasteiger partial charge in [-0.1, -0.05) is 11.6 Å². The number of piperazine rings is 1. The number of hydrogen-bond donors (Lipinski definition) is 0. The number of halogens is 1. The molecule has 1 fully saturated rings. The van der Waals surface area contributed by atoms with Gasteiger partial charge in [-0.2, -0.15) is 0 Å². The van der Waals surface area contributed by atoms with Gasteiger partial charge in [0.1, 0.15) is 22.9 Å². The van der Waals surface area contributed by atoms with E-state index in [1.54, 1.807) is 36.3 Å². The van der Waals surface area contributed by atoms with Crippen LogP contribution in [-0.2, 0) is 0 Å². The van der Waals surface area contributed by atoms with Crippen molar-refractivity contribution in [3.05, 3.63) is 63.4 Å². The summed E-state index contributed by atoms with van der Waals surface area (Å²) in [5.74, 6) is 1.24. The highest BCUT2D eigenvalue weighted by atomic mass is 35.5. The van der Waals surface area contributed by atoms with Crippen LogP contribution >= 0.6 is 11.6 Å². The number of methoxy groups -OCH3 is 1. The highest BCUT2D eigenvalue weighted by molar-refractivity contribution is 6.33. The number of anilines is 1. The molecule has 2 aromatic carbocycles. The third kappa shape index (κ3) is 3.71. The maximum atomic E-state index is 12.8. The monoisotopic (exact) mass is 427 g/mol. The predicted octanol–water partition coefficient (Wildman–Crippen LogP) is 3.16. The first-order valence-corrected chi connectivity index (χ1v) is 9.62. The van der Waals surface area contributed by atoms with Crippen LogP contribution in [0.25, 0.3) is 10.9 Å². The van der Waals surface area contributed by atoms with E-state index in [-0.39, 0.29) is 16.6 Å². The van der Waals surface area contributed by atoms with Gasteiger partial charge in [0, 0.05) is 43.2 Å². The van der Waals surface area contributed by atoms with Crippen LogP contribution in [0.5, 0.6) is 5.75 Å². The summed E-state index contributed by atoms with van der Waals surface area (Å²) >= 11 is 6.00. The molecule has 1 aliphatic heterocycles. The molecule has 30 heavy (non-hydrogen) atoms. The molecule has 4 rings (SSSR count). The molecule has 3 aromatic rings. The molecule has 1 aliphatic rings. The first kappa shape index (κ1) is 19.8. The highest BCUT2D eigenvalue weighted by Crippen LogP contribution is 2.33. The molecular formula is C20H18ClN5O4. The molecule has 9 nitrogen and oxygen atoms in total. The summed E-state index contributed by atoms with van der Waals surface area (Å²) in [6.45, 7) is 2.10. The van der Waals surface area contributed by atoms with E-state index >= 15 is 0 Å². The summed E-state index contributed by atoms with van der Waals surface area (Å²) in [6, 6.07) is 9.89. The van der Waals surface area contributed by atoms with Crippen LogP contribution in [0, 0.1) is 10.1 Å². The molecule has 2 heterocycles. The summed E-state index contributed by atoms with van der Waals surface area (Å²) < 4.78 is 5.13. The number of fused-ring (bicyclic) bond motifs is 1. The molecule has 0 radical (unpaired) electrons. The minimum Gasteiger partial charge on any atom is -0.497 e. The lowest BCUT2D eigenvalue weighted by Gasteiger charge is -2.35. The van der Waals surface area contributed by atoms with Gasteiger partial charge in [-0.3, -0.25) is 14.9 Å². The topological polar surface area (TPSA) is 102 Å². The number of hydrogen-bond acceptors (Lipinski definition) is 7. The van der Waals surface area contributed by atoms with Crippen molar-refractivity contribution < 1.29 is 14.5 Å². The number of rotatable bonds is 4. The number of carbonyl (C=O) groups excluding carboxylic acids is 1. The van der Waals surface area contributed by atoms with Crippen LogP contribution in [0.2, 0.25) is 5.02 Å². The number of nitro benzene ring substituents is 1. The van der Waals surface area contributed by atoms with E-state index in [9.17, 15) is 14.9 Å². The normalized spacial score (nSPS) is 14.1. The first-order valence-electron chi connectivity index (χ1n) is 9.25. The standard InChI is InChI=1S/C20H18ClN5O4/c1-30-14-4-2-13(3-5-14)20(27)25-8-6-24(7-9-25)19-15-10-18(26(28)29)16(21)11-17(15)22-12-23-19/h2-5,10-12H,6-9H2,1H3. The number of carbonyl (C=O) groups is 1. The molecule has 0 N–H and O–H groups in total. The minimum absolute atomic E-state index is 0.0343. The summed E-state index contributed by atoms with van der Waals surface area (Å²) in [6.07, 6.45) is 1.41. The summed E-state index contributed by atoms with van der Waals surface area (Å²) in [5.41, 5.74) is 0.947. The van der Waals surface area contributed by atoms with Gasteiger partial charge < -0.3 is 14.5 Å². The number of ether oxygens (including phenoxy) is 1. The van der Waals surface area contributed by atoms with Crippen LogP contribution in [0.4, 0.5) is 11.5 Å². The number of nitro groups is 1. The molecule has 154 valence electrons. The highest BCUT2D eigenvalue weighted by Gasteiger charge is 2.25. The second kappa shape index (κ2) is 8.11. The van der Waals surface area contributed by atoms with Crippen molar-refractivity contribution in [3.8, 4) is 5.75 Å². The van der Waals surface area contributed by atoms with E-state index in [0.29, 0.717) is 54.2 Å². The van der Waals surface area contributed by atoms with E-state index in [2.05, 4.69) is 9.97 Å². The van der Waals surface area contributed by atoms with Gasteiger partial charge in [0.05, 0.1) is 17.5 Å². The first-order chi connectivity index (χ1) is 14.5. The van der Waals surface area contributed by atoms with Crippen molar-refractivity contribution in [1.82, 2.24) is 14.9 Å². The van der Waals surface area contributed by atoms with Gasteiger partial charge in [0.25, 0.3) is 11.6 Å². The van der Waals surface area contributed by atoms with Crippen molar-refractivity contribution in [2.24, 2.45) is 0 Å². The Morgan fingerprint density at radius 1 is 1.13 bits per heavy atom. The number of benzene rings is 2. The third-order valence-corrected chi connectivity index (χ3v) is 5.39. The molecule has 0 spiro atoms.